The van der Waals surface area contributed by atoms with Crippen molar-refractivity contribution in [3.8, 4) is 0 Å². The maximum atomic E-state index is 12.7. The van der Waals surface area contributed by atoms with E-state index in [4.69, 9.17) is 0 Å². The van der Waals surface area contributed by atoms with Gasteiger partial charge in [0.25, 0.3) is 11.8 Å². The Hall–Kier alpha value is -2.63. The van der Waals surface area contributed by atoms with Crippen LogP contribution in [0.15, 0.2) is 36.5 Å². The van der Waals surface area contributed by atoms with Crippen molar-refractivity contribution in [3.63, 3.8) is 0 Å². The number of aryl methyl sites for hydroxylation is 1. The van der Waals surface area contributed by atoms with Crippen LogP contribution in [0.1, 0.15) is 46.2 Å². The molecule has 1 aliphatic rings. The molecule has 6 heteroatoms. The van der Waals surface area contributed by atoms with Crippen molar-refractivity contribution in [1.29, 1.82) is 0 Å². The maximum Gasteiger partial charge on any atom is 0.271 e. The van der Waals surface area contributed by atoms with E-state index in [1.165, 1.54) is 5.56 Å². The Bertz CT molecular complexity index is 710. The van der Waals surface area contributed by atoms with Gasteiger partial charge in [0.15, 0.2) is 0 Å². The number of nitrogens with one attached hydrogen (secondary N) is 1. The third kappa shape index (κ3) is 4.07. The van der Waals surface area contributed by atoms with Gasteiger partial charge in [-0.15, -0.1) is 0 Å². The molecule has 1 saturated heterocycles. The summed E-state index contributed by atoms with van der Waals surface area (Å²) in [5, 5.41) is 6.54. The van der Waals surface area contributed by atoms with Crippen molar-refractivity contribution in [2.45, 2.75) is 26.2 Å². The van der Waals surface area contributed by atoms with Gasteiger partial charge in [0.05, 0.1) is 0 Å². The van der Waals surface area contributed by atoms with Gasteiger partial charge < -0.3 is 9.80 Å². The van der Waals surface area contributed by atoms with Crippen LogP contribution in [0.2, 0.25) is 0 Å². The van der Waals surface area contributed by atoms with Gasteiger partial charge in [0.2, 0.25) is 0 Å². The lowest BCUT2D eigenvalue weighted by Crippen LogP contribution is -2.37. The van der Waals surface area contributed by atoms with E-state index in [1.807, 2.05) is 29.2 Å². The lowest BCUT2D eigenvalue weighted by molar-refractivity contribution is 0.0715. The van der Waals surface area contributed by atoms with Crippen molar-refractivity contribution in [3.05, 3.63) is 53.3 Å². The summed E-state index contributed by atoms with van der Waals surface area (Å²) >= 11 is 0. The molecule has 132 valence electrons. The van der Waals surface area contributed by atoms with Crippen molar-refractivity contribution in [2.24, 2.45) is 0 Å². The Kier molecular flexibility index (Phi) is 5.48. The topological polar surface area (TPSA) is 69.3 Å². The van der Waals surface area contributed by atoms with Crippen molar-refractivity contribution in [1.82, 2.24) is 20.0 Å². The highest BCUT2D eigenvalue weighted by Crippen LogP contribution is 2.13. The lowest BCUT2D eigenvalue weighted by Gasteiger charge is -2.22. The molecule has 6 nitrogen and oxygen atoms in total. The lowest BCUT2D eigenvalue weighted by atomic mass is 10.1. The van der Waals surface area contributed by atoms with Crippen molar-refractivity contribution in [2.75, 3.05) is 26.2 Å². The van der Waals surface area contributed by atoms with Crippen molar-refractivity contribution < 1.29 is 9.59 Å². The van der Waals surface area contributed by atoms with Gasteiger partial charge in [-0.1, -0.05) is 25.5 Å². The van der Waals surface area contributed by atoms with Crippen LogP contribution >= 0.6 is 0 Å². The zero-order chi connectivity index (χ0) is 17.6. The molecule has 1 N–H and O–H groups in total. The zero-order valence-electron chi connectivity index (χ0n) is 14.6. The summed E-state index contributed by atoms with van der Waals surface area (Å²) in [7, 11) is 0. The Morgan fingerprint density at radius 2 is 1.68 bits per heavy atom. The van der Waals surface area contributed by atoms with Crippen LogP contribution in [-0.2, 0) is 6.42 Å². The fourth-order valence-electron chi connectivity index (χ4n) is 3.15. The van der Waals surface area contributed by atoms with Gasteiger partial charge in [-0.2, -0.15) is 5.10 Å². The summed E-state index contributed by atoms with van der Waals surface area (Å²) in [5.74, 6) is -0.0189. The second kappa shape index (κ2) is 7.96. The minimum atomic E-state index is -0.0595. The van der Waals surface area contributed by atoms with Crippen LogP contribution in [0.5, 0.6) is 0 Å². The minimum Gasteiger partial charge on any atom is -0.337 e. The highest BCUT2D eigenvalue weighted by atomic mass is 16.2. The molecule has 0 saturated carbocycles. The van der Waals surface area contributed by atoms with Crippen LogP contribution in [0.25, 0.3) is 0 Å². The Morgan fingerprint density at radius 1 is 1.00 bits per heavy atom. The number of carbonyl (C=O) groups excluding carboxylic acids is 2. The van der Waals surface area contributed by atoms with E-state index >= 15 is 0 Å². The molecule has 0 spiro atoms. The van der Waals surface area contributed by atoms with E-state index in [9.17, 15) is 9.59 Å². The predicted molar refractivity (Wildman–Crippen MR) is 95.4 cm³/mol. The Labute approximate surface area is 147 Å². The summed E-state index contributed by atoms with van der Waals surface area (Å²) in [6.07, 6.45) is 4.48. The standard InChI is InChI=1S/C19H24N4O2/c1-2-4-15-5-7-16(8-6-15)18(24)22-11-3-12-23(14-13-22)19(25)17-9-10-20-21-17/h5-10H,2-4,11-14H2,1H3,(H,20,21). The molecule has 1 aromatic carbocycles. The predicted octanol–water partition coefficient (Wildman–Crippen LogP) is 2.35. The molecule has 1 aromatic heterocycles. The smallest absolute Gasteiger partial charge is 0.271 e. The quantitative estimate of drug-likeness (QED) is 0.929. The number of hydrogen-bond donors (Lipinski definition) is 1. The third-order valence-electron chi connectivity index (χ3n) is 4.54. The molecule has 2 amide bonds. The molecule has 0 unspecified atom stereocenters. The van der Waals surface area contributed by atoms with Crippen LogP contribution in [-0.4, -0.2) is 58.0 Å². The molecule has 0 atom stereocenters. The normalized spacial score (nSPS) is 15.1. The second-order valence-corrected chi connectivity index (χ2v) is 6.36. The van der Waals surface area contributed by atoms with E-state index in [0.29, 0.717) is 37.4 Å². The number of aromatic amines is 1. The largest absolute Gasteiger partial charge is 0.337 e. The van der Waals surface area contributed by atoms with Crippen LogP contribution in [0.4, 0.5) is 0 Å². The minimum absolute atomic E-state index is 0.0406. The Balaban J connectivity index is 1.62. The van der Waals surface area contributed by atoms with E-state index in [0.717, 1.165) is 19.3 Å². The first-order valence-electron chi connectivity index (χ1n) is 8.86. The molecule has 0 bridgehead atoms. The molecule has 2 aromatic rings. The second-order valence-electron chi connectivity index (χ2n) is 6.36. The van der Waals surface area contributed by atoms with E-state index < -0.39 is 0 Å². The molecule has 3 rings (SSSR count). The van der Waals surface area contributed by atoms with Gasteiger partial charge in [-0.3, -0.25) is 14.7 Å². The summed E-state index contributed by atoms with van der Waals surface area (Å²) in [4.78, 5) is 28.8. The Morgan fingerprint density at radius 3 is 2.28 bits per heavy atom. The maximum absolute atomic E-state index is 12.7. The van der Waals surface area contributed by atoms with E-state index in [1.54, 1.807) is 17.2 Å². The summed E-state index contributed by atoms with van der Waals surface area (Å²) in [5.41, 5.74) is 2.46. The van der Waals surface area contributed by atoms with Gasteiger partial charge in [0, 0.05) is 37.9 Å². The van der Waals surface area contributed by atoms with Gasteiger partial charge >= 0.3 is 0 Å². The summed E-state index contributed by atoms with van der Waals surface area (Å²) in [6.45, 7) is 4.55. The van der Waals surface area contributed by atoms with Crippen LogP contribution < -0.4 is 0 Å². The molecule has 0 radical (unpaired) electrons. The number of hydrogen-bond acceptors (Lipinski definition) is 3. The van der Waals surface area contributed by atoms with Crippen LogP contribution in [0.3, 0.4) is 0 Å². The average Bonchev–Trinajstić information content (AvgIpc) is 3.06. The van der Waals surface area contributed by atoms with Crippen LogP contribution in [0, 0.1) is 0 Å². The highest BCUT2D eigenvalue weighted by Gasteiger charge is 2.24. The third-order valence-corrected chi connectivity index (χ3v) is 4.54. The van der Waals surface area contributed by atoms with Gasteiger partial charge in [-0.25, -0.2) is 0 Å². The fraction of sp³-hybridized carbons (Fsp3) is 0.421. The molecule has 1 aliphatic heterocycles. The monoisotopic (exact) mass is 340 g/mol. The average molecular weight is 340 g/mol. The molecule has 1 fully saturated rings. The molecule has 0 aliphatic carbocycles. The first-order valence-corrected chi connectivity index (χ1v) is 8.86. The summed E-state index contributed by atoms with van der Waals surface area (Å²) < 4.78 is 0. The number of amides is 2. The highest BCUT2D eigenvalue weighted by molar-refractivity contribution is 5.94. The molecule has 2 heterocycles. The number of carbonyl (C=O) groups is 2. The number of rotatable bonds is 4. The number of benzene rings is 1. The summed E-state index contributed by atoms with van der Waals surface area (Å²) in [6, 6.07) is 9.55. The van der Waals surface area contributed by atoms with Gasteiger partial charge in [-0.05, 0) is 36.6 Å². The number of aromatic nitrogens is 2. The van der Waals surface area contributed by atoms with E-state index in [-0.39, 0.29) is 11.8 Å². The molecule has 25 heavy (non-hydrogen) atoms. The van der Waals surface area contributed by atoms with Crippen molar-refractivity contribution >= 4 is 11.8 Å². The fourth-order valence-corrected chi connectivity index (χ4v) is 3.15. The molecular formula is C19H24N4O2. The number of nitrogens with zero attached hydrogens (tertiary/aromatic N) is 3. The first kappa shape index (κ1) is 17.2. The van der Waals surface area contributed by atoms with E-state index in [2.05, 4.69) is 17.1 Å². The zero-order valence-corrected chi connectivity index (χ0v) is 14.6. The van der Waals surface area contributed by atoms with Gasteiger partial charge in [0.1, 0.15) is 5.69 Å². The molecular weight excluding hydrogens is 316 g/mol. The SMILES string of the molecule is CCCc1ccc(C(=O)N2CCCN(C(=O)c3ccn[nH]3)CC2)cc1. The first-order chi connectivity index (χ1) is 12.2. The number of H-pyrrole nitrogens is 1.